The first-order valence-corrected chi connectivity index (χ1v) is 6.67. The highest BCUT2D eigenvalue weighted by molar-refractivity contribution is 9.10. The molecule has 1 amide bonds. The van der Waals surface area contributed by atoms with Gasteiger partial charge in [-0.1, -0.05) is 42.1 Å². The molecule has 1 fully saturated rings. The Labute approximate surface area is 104 Å². The molecule has 1 heterocycles. The average Bonchev–Trinajstić information content (AvgIpc) is 2.28. The third-order valence-electron chi connectivity index (χ3n) is 2.65. The number of ether oxygens (including phenoxy) is 1. The van der Waals surface area contributed by atoms with Crippen molar-refractivity contribution in [2.24, 2.45) is 0 Å². The first kappa shape index (κ1) is 13.5. The third-order valence-corrected chi connectivity index (χ3v) is 3.55. The number of carbonyl (C=O) groups excluding carboxylic acids is 2. The molecule has 1 N–H and O–H groups in total. The molecule has 0 bridgehead atoms. The molecule has 0 aliphatic carbocycles. The van der Waals surface area contributed by atoms with Crippen molar-refractivity contribution >= 4 is 27.8 Å². The fourth-order valence-corrected chi connectivity index (χ4v) is 2.32. The molecule has 2 atom stereocenters. The van der Waals surface area contributed by atoms with Crippen LogP contribution in [0.1, 0.15) is 39.0 Å². The maximum absolute atomic E-state index is 11.9. The summed E-state index contributed by atoms with van der Waals surface area (Å²) in [6, 6.07) is -0.382. The highest BCUT2D eigenvalue weighted by Gasteiger charge is 2.29. The first-order chi connectivity index (χ1) is 7.65. The quantitative estimate of drug-likeness (QED) is 0.604. The van der Waals surface area contributed by atoms with Crippen LogP contribution in [0.25, 0.3) is 0 Å². The molecule has 0 radical (unpaired) electrons. The molecule has 1 rings (SSSR count). The lowest BCUT2D eigenvalue weighted by Crippen LogP contribution is -2.48. The summed E-state index contributed by atoms with van der Waals surface area (Å²) >= 11 is 3.39. The zero-order valence-corrected chi connectivity index (χ0v) is 11.1. The highest BCUT2D eigenvalue weighted by atomic mass is 79.9. The Bertz CT molecular complexity index is 258. The molecule has 4 nitrogen and oxygen atoms in total. The number of Topliss-reactive ketones (excluding diaryl/α,β-unsaturated/α-hetero) is 1. The van der Waals surface area contributed by atoms with Crippen molar-refractivity contribution in [2.45, 2.75) is 49.9 Å². The van der Waals surface area contributed by atoms with Gasteiger partial charge in [-0.05, 0) is 6.42 Å². The number of nitrogens with one attached hydrogen (secondary N) is 1. The van der Waals surface area contributed by atoms with Crippen molar-refractivity contribution in [3.05, 3.63) is 0 Å². The van der Waals surface area contributed by atoms with Gasteiger partial charge in [0.15, 0.2) is 5.78 Å². The SMILES string of the molecule is CCCCC[C@H](Br)C(=O)[C@@H]1CCOC(=O)N1. The van der Waals surface area contributed by atoms with E-state index in [-0.39, 0.29) is 16.7 Å². The number of halogens is 1. The third kappa shape index (κ3) is 4.12. The van der Waals surface area contributed by atoms with E-state index in [4.69, 9.17) is 4.74 Å². The topological polar surface area (TPSA) is 55.4 Å². The van der Waals surface area contributed by atoms with Crippen LogP contribution in [0.4, 0.5) is 4.79 Å². The summed E-state index contributed by atoms with van der Waals surface area (Å²) in [6.45, 7) is 2.46. The number of alkyl halides is 1. The number of unbranched alkanes of at least 4 members (excludes halogenated alkanes) is 2. The fraction of sp³-hybridized carbons (Fsp3) is 0.818. The van der Waals surface area contributed by atoms with E-state index >= 15 is 0 Å². The van der Waals surface area contributed by atoms with Crippen molar-refractivity contribution in [3.8, 4) is 0 Å². The lowest BCUT2D eigenvalue weighted by Gasteiger charge is -2.24. The van der Waals surface area contributed by atoms with Crippen molar-refractivity contribution in [3.63, 3.8) is 0 Å². The van der Waals surface area contributed by atoms with Gasteiger partial charge in [0.05, 0.1) is 17.5 Å². The molecule has 0 aromatic rings. The Hall–Kier alpha value is -0.580. The van der Waals surface area contributed by atoms with Gasteiger partial charge in [0.1, 0.15) is 0 Å². The minimum atomic E-state index is -0.488. The van der Waals surface area contributed by atoms with E-state index in [0.717, 1.165) is 25.7 Å². The van der Waals surface area contributed by atoms with Gasteiger partial charge in [-0.3, -0.25) is 4.79 Å². The first-order valence-electron chi connectivity index (χ1n) is 5.76. The molecular formula is C11H18BrNO3. The summed E-state index contributed by atoms with van der Waals surface area (Å²) < 4.78 is 4.72. The second-order valence-electron chi connectivity index (χ2n) is 3.99. The van der Waals surface area contributed by atoms with Crippen LogP contribution in [0.3, 0.4) is 0 Å². The second kappa shape index (κ2) is 6.89. The molecule has 5 heteroatoms. The predicted molar refractivity (Wildman–Crippen MR) is 64.8 cm³/mol. The minimum Gasteiger partial charge on any atom is -0.449 e. The summed E-state index contributed by atoms with van der Waals surface area (Å²) in [6.07, 6.45) is 4.23. The van der Waals surface area contributed by atoms with Gasteiger partial charge in [0, 0.05) is 6.42 Å². The predicted octanol–water partition coefficient (Wildman–Crippen LogP) is 2.40. The van der Waals surface area contributed by atoms with E-state index in [9.17, 15) is 9.59 Å². The van der Waals surface area contributed by atoms with Gasteiger partial charge in [-0.2, -0.15) is 0 Å². The molecule has 0 unspecified atom stereocenters. The van der Waals surface area contributed by atoms with E-state index < -0.39 is 6.09 Å². The largest absolute Gasteiger partial charge is 0.449 e. The Morgan fingerprint density at radius 1 is 1.62 bits per heavy atom. The van der Waals surface area contributed by atoms with E-state index in [2.05, 4.69) is 28.2 Å². The monoisotopic (exact) mass is 291 g/mol. The molecule has 0 spiro atoms. The number of amides is 1. The molecule has 0 aromatic heterocycles. The average molecular weight is 292 g/mol. The van der Waals surface area contributed by atoms with Crippen LogP contribution < -0.4 is 5.32 Å². The van der Waals surface area contributed by atoms with Crippen LogP contribution in [0.5, 0.6) is 0 Å². The smallest absolute Gasteiger partial charge is 0.407 e. The van der Waals surface area contributed by atoms with Crippen LogP contribution >= 0.6 is 15.9 Å². The van der Waals surface area contributed by atoms with Crippen molar-refractivity contribution < 1.29 is 14.3 Å². The summed E-state index contributed by atoms with van der Waals surface area (Å²) in [5.41, 5.74) is 0. The van der Waals surface area contributed by atoms with Gasteiger partial charge in [-0.15, -0.1) is 0 Å². The Balaban J connectivity index is 2.34. The summed E-state index contributed by atoms with van der Waals surface area (Å²) in [5, 5.41) is 2.55. The lowest BCUT2D eigenvalue weighted by atomic mass is 10.0. The number of carbonyl (C=O) groups is 2. The molecule has 0 saturated carbocycles. The molecule has 92 valence electrons. The van der Waals surface area contributed by atoms with Crippen LogP contribution in [0.2, 0.25) is 0 Å². The summed E-state index contributed by atoms with van der Waals surface area (Å²) in [7, 11) is 0. The summed E-state index contributed by atoms with van der Waals surface area (Å²) in [4.78, 5) is 22.7. The normalized spacial score (nSPS) is 22.1. The number of ketones is 1. The van der Waals surface area contributed by atoms with Gasteiger partial charge in [0.2, 0.25) is 0 Å². The van der Waals surface area contributed by atoms with Crippen LogP contribution in [0, 0.1) is 0 Å². The van der Waals surface area contributed by atoms with Crippen LogP contribution in [-0.2, 0) is 9.53 Å². The maximum atomic E-state index is 11.9. The molecule has 0 aromatic carbocycles. The zero-order chi connectivity index (χ0) is 12.0. The number of rotatable bonds is 6. The van der Waals surface area contributed by atoms with Gasteiger partial charge < -0.3 is 10.1 Å². The highest BCUT2D eigenvalue weighted by Crippen LogP contribution is 2.16. The van der Waals surface area contributed by atoms with E-state index in [1.165, 1.54) is 0 Å². The number of cyclic esters (lactones) is 1. The maximum Gasteiger partial charge on any atom is 0.407 e. The molecule has 1 saturated heterocycles. The van der Waals surface area contributed by atoms with Crippen LogP contribution in [0.15, 0.2) is 0 Å². The zero-order valence-electron chi connectivity index (χ0n) is 9.50. The van der Waals surface area contributed by atoms with E-state index in [1.54, 1.807) is 0 Å². The molecule has 1 aliphatic heterocycles. The second-order valence-corrected chi connectivity index (χ2v) is 5.09. The Morgan fingerprint density at radius 3 is 3.00 bits per heavy atom. The van der Waals surface area contributed by atoms with Gasteiger partial charge >= 0.3 is 6.09 Å². The van der Waals surface area contributed by atoms with Crippen molar-refractivity contribution in [2.75, 3.05) is 6.61 Å². The Morgan fingerprint density at radius 2 is 2.38 bits per heavy atom. The van der Waals surface area contributed by atoms with E-state index in [1.807, 2.05) is 0 Å². The molecule has 1 aliphatic rings. The molecule has 16 heavy (non-hydrogen) atoms. The van der Waals surface area contributed by atoms with Crippen LogP contribution in [-0.4, -0.2) is 29.4 Å². The Kier molecular flexibility index (Phi) is 5.80. The number of alkyl carbamates (subject to hydrolysis) is 1. The fourth-order valence-electron chi connectivity index (χ4n) is 1.67. The van der Waals surface area contributed by atoms with Crippen molar-refractivity contribution in [1.29, 1.82) is 0 Å². The van der Waals surface area contributed by atoms with E-state index in [0.29, 0.717) is 13.0 Å². The van der Waals surface area contributed by atoms with Crippen molar-refractivity contribution in [1.82, 2.24) is 5.32 Å². The standard InChI is InChI=1S/C11H18BrNO3/c1-2-3-4-5-8(12)10(14)9-6-7-16-11(15)13-9/h8-9H,2-7H2,1H3,(H,13,15)/t8-,9-/m0/s1. The lowest BCUT2D eigenvalue weighted by molar-refractivity contribution is -0.121. The number of hydrogen-bond donors (Lipinski definition) is 1. The van der Waals surface area contributed by atoms with Gasteiger partial charge in [0.25, 0.3) is 0 Å². The summed E-state index contributed by atoms with van der Waals surface area (Å²) in [5.74, 6) is 0.0627. The minimum absolute atomic E-state index is 0.0627. The van der Waals surface area contributed by atoms with Gasteiger partial charge in [-0.25, -0.2) is 4.79 Å². The number of hydrogen-bond acceptors (Lipinski definition) is 3. The molecular weight excluding hydrogens is 274 g/mol.